The average molecular weight is 441 g/mol. The third-order valence-corrected chi connectivity index (χ3v) is 13.1. The Balaban J connectivity index is 1.89. The molecule has 164 valence electrons. The molecular weight excluding hydrogens is 400 g/mol. The zero-order chi connectivity index (χ0) is 22.3. The average Bonchev–Trinajstić information content (AvgIpc) is 2.68. The Morgan fingerprint density at radius 3 is 1.13 bits per heavy atom. The highest BCUT2D eigenvalue weighted by molar-refractivity contribution is 6.88. The molecule has 4 heteroatoms. The second-order valence-corrected chi connectivity index (χ2v) is 17.6. The van der Waals surface area contributed by atoms with E-state index in [1.807, 2.05) is 34.2 Å². The molecule has 4 aliphatic carbocycles. The quantitative estimate of drug-likeness (QED) is 0.317. The van der Waals surface area contributed by atoms with Crippen molar-refractivity contribution in [3.05, 3.63) is 73.7 Å². The van der Waals surface area contributed by atoms with Crippen LogP contribution in [0.5, 0.6) is 0 Å². The first-order chi connectivity index (χ1) is 14.0. The van der Waals surface area contributed by atoms with Gasteiger partial charge in [-0.3, -0.25) is 0 Å². The van der Waals surface area contributed by atoms with Crippen LogP contribution in [0.4, 0.5) is 0 Å². The largest absolute Gasteiger partial charge is 0.405 e. The molecule has 0 saturated heterocycles. The van der Waals surface area contributed by atoms with Gasteiger partial charge in [0.1, 0.15) is 0 Å². The number of hydrogen-bond acceptors (Lipinski definition) is 2. The van der Waals surface area contributed by atoms with Gasteiger partial charge in [-0.1, -0.05) is 48.0 Å². The zero-order valence-electron chi connectivity index (χ0n) is 19.2. The maximum atomic E-state index is 6.61. The van der Waals surface area contributed by atoms with Crippen molar-refractivity contribution in [2.45, 2.75) is 52.4 Å². The molecule has 0 aromatic rings. The minimum atomic E-state index is -2.28. The van der Waals surface area contributed by atoms with Gasteiger partial charge in [-0.05, 0) is 60.2 Å². The number of hydrogen-bond donors (Lipinski definition) is 0. The Bertz CT molecular complexity index is 647. The highest BCUT2D eigenvalue weighted by Crippen LogP contribution is 2.73. The van der Waals surface area contributed by atoms with Crippen LogP contribution in [0.25, 0.3) is 0 Å². The fourth-order valence-electron chi connectivity index (χ4n) is 7.91. The third kappa shape index (κ3) is 4.00. The highest BCUT2D eigenvalue weighted by Gasteiger charge is 2.65. The molecule has 4 rings (SSSR count). The molecular formula is C26H40O2Si2. The van der Waals surface area contributed by atoms with Crippen LogP contribution in [0.3, 0.4) is 0 Å². The van der Waals surface area contributed by atoms with Gasteiger partial charge >= 0.3 is 0 Å². The summed E-state index contributed by atoms with van der Waals surface area (Å²) in [4.78, 5) is 0. The standard InChI is InChI=1S/C26H40O2Si2/c1-9-29(10-2,11-3)27-21-25-16-23(7)15-24(8,17-25)19-26(18-23,20-25)22-28-30(12-4,13-5)14-6/h9-14H,1-6,15-22H2,7-8H3. The topological polar surface area (TPSA) is 18.5 Å². The van der Waals surface area contributed by atoms with Crippen LogP contribution in [0.15, 0.2) is 73.7 Å². The lowest BCUT2D eigenvalue weighted by molar-refractivity contribution is -0.208. The van der Waals surface area contributed by atoms with Gasteiger partial charge in [-0.25, -0.2) is 0 Å². The van der Waals surface area contributed by atoms with E-state index in [-0.39, 0.29) is 10.8 Å². The van der Waals surface area contributed by atoms with E-state index in [4.69, 9.17) is 8.85 Å². The molecule has 0 radical (unpaired) electrons. The molecule has 0 aliphatic heterocycles. The van der Waals surface area contributed by atoms with Crippen molar-refractivity contribution in [2.75, 3.05) is 13.2 Å². The lowest BCUT2D eigenvalue weighted by Gasteiger charge is -2.70. The van der Waals surface area contributed by atoms with E-state index in [9.17, 15) is 0 Å². The summed E-state index contributed by atoms with van der Waals surface area (Å²) in [6, 6.07) is 0. The van der Waals surface area contributed by atoms with Crippen molar-refractivity contribution >= 4 is 16.6 Å². The predicted molar refractivity (Wildman–Crippen MR) is 133 cm³/mol. The first-order valence-electron chi connectivity index (χ1n) is 11.1. The van der Waals surface area contributed by atoms with Crippen LogP contribution >= 0.6 is 0 Å². The first kappa shape index (κ1) is 23.5. The Labute approximate surface area is 186 Å². The van der Waals surface area contributed by atoms with E-state index in [2.05, 4.69) is 53.3 Å². The van der Waals surface area contributed by atoms with E-state index >= 15 is 0 Å². The van der Waals surface area contributed by atoms with Gasteiger partial charge in [0.25, 0.3) is 16.6 Å². The molecule has 0 N–H and O–H groups in total. The minimum Gasteiger partial charge on any atom is -0.405 e. The van der Waals surface area contributed by atoms with Crippen molar-refractivity contribution in [1.82, 2.24) is 0 Å². The lowest BCUT2D eigenvalue weighted by Crippen LogP contribution is -2.63. The van der Waals surface area contributed by atoms with Crippen LogP contribution in [0.2, 0.25) is 0 Å². The fourth-order valence-corrected chi connectivity index (χ4v) is 10.7. The molecule has 0 aromatic carbocycles. The molecule has 0 atom stereocenters. The maximum absolute atomic E-state index is 6.61. The molecule has 4 fully saturated rings. The van der Waals surface area contributed by atoms with Crippen molar-refractivity contribution in [2.24, 2.45) is 21.7 Å². The van der Waals surface area contributed by atoms with Crippen LogP contribution in [-0.4, -0.2) is 29.8 Å². The molecule has 0 heterocycles. The zero-order valence-corrected chi connectivity index (χ0v) is 21.2. The molecule has 2 nitrogen and oxygen atoms in total. The Hall–Kier alpha value is -1.21. The molecule has 4 saturated carbocycles. The maximum Gasteiger partial charge on any atom is 0.264 e. The summed E-state index contributed by atoms with van der Waals surface area (Å²) in [6.45, 7) is 30.6. The van der Waals surface area contributed by atoms with E-state index < -0.39 is 16.6 Å². The molecule has 0 amide bonds. The SMILES string of the molecule is C=C[Si](C=C)(C=C)OCC12CC3(C)CC(C)(C1)CC(CO[Si](C=C)(C=C)C=C)(C3)C2. The summed E-state index contributed by atoms with van der Waals surface area (Å²) in [7, 11) is -4.56. The molecule has 0 unspecified atom stereocenters. The highest BCUT2D eigenvalue weighted by atomic mass is 28.4. The van der Waals surface area contributed by atoms with Gasteiger partial charge in [-0.2, -0.15) is 0 Å². The van der Waals surface area contributed by atoms with Crippen molar-refractivity contribution in [3.63, 3.8) is 0 Å². The third-order valence-electron chi connectivity index (χ3n) is 7.98. The van der Waals surface area contributed by atoms with Gasteiger partial charge < -0.3 is 8.85 Å². The molecule has 4 aliphatic rings. The molecule has 4 bridgehead atoms. The normalized spacial score (nSPS) is 37.4. The molecule has 0 spiro atoms. The van der Waals surface area contributed by atoms with Gasteiger partial charge in [0, 0.05) is 13.2 Å². The summed E-state index contributed by atoms with van der Waals surface area (Å²) < 4.78 is 13.2. The van der Waals surface area contributed by atoms with Crippen molar-refractivity contribution in [3.8, 4) is 0 Å². The van der Waals surface area contributed by atoms with E-state index in [0.717, 1.165) is 19.6 Å². The predicted octanol–water partition coefficient (Wildman–Crippen LogP) is 6.63. The first-order valence-corrected chi connectivity index (χ1v) is 15.4. The van der Waals surface area contributed by atoms with Gasteiger partial charge in [-0.15, -0.1) is 39.5 Å². The van der Waals surface area contributed by atoms with Crippen LogP contribution < -0.4 is 0 Å². The summed E-state index contributed by atoms with van der Waals surface area (Å²) in [5, 5.41) is 0. The molecule has 30 heavy (non-hydrogen) atoms. The smallest absolute Gasteiger partial charge is 0.264 e. The Morgan fingerprint density at radius 1 is 0.567 bits per heavy atom. The van der Waals surface area contributed by atoms with E-state index in [1.54, 1.807) is 0 Å². The second kappa shape index (κ2) is 7.73. The monoisotopic (exact) mass is 440 g/mol. The second-order valence-electron chi connectivity index (χ2n) is 11.2. The number of rotatable bonds is 12. The van der Waals surface area contributed by atoms with E-state index in [0.29, 0.717) is 10.8 Å². The van der Waals surface area contributed by atoms with E-state index in [1.165, 1.54) is 32.1 Å². The molecule has 0 aromatic heterocycles. The lowest BCUT2D eigenvalue weighted by atomic mass is 9.36. The Morgan fingerprint density at radius 2 is 0.867 bits per heavy atom. The summed E-state index contributed by atoms with van der Waals surface area (Å²) in [5.74, 6) is 0. The summed E-state index contributed by atoms with van der Waals surface area (Å²) in [5.41, 5.74) is 12.7. The van der Waals surface area contributed by atoms with Crippen molar-refractivity contribution in [1.29, 1.82) is 0 Å². The Kier molecular flexibility index (Phi) is 6.05. The van der Waals surface area contributed by atoms with Crippen LogP contribution in [0.1, 0.15) is 52.4 Å². The van der Waals surface area contributed by atoms with Crippen LogP contribution in [-0.2, 0) is 8.85 Å². The van der Waals surface area contributed by atoms with Crippen LogP contribution in [0, 0.1) is 21.7 Å². The van der Waals surface area contributed by atoms with Gasteiger partial charge in [0.05, 0.1) is 0 Å². The fraction of sp³-hybridized carbons (Fsp3) is 0.538. The van der Waals surface area contributed by atoms with Crippen molar-refractivity contribution < 1.29 is 8.85 Å². The van der Waals surface area contributed by atoms with Gasteiger partial charge in [0.2, 0.25) is 0 Å². The van der Waals surface area contributed by atoms with Gasteiger partial charge in [0.15, 0.2) is 0 Å². The minimum absolute atomic E-state index is 0.190. The summed E-state index contributed by atoms with van der Waals surface area (Å²) in [6.07, 6.45) is 7.42. The summed E-state index contributed by atoms with van der Waals surface area (Å²) >= 11 is 0.